The van der Waals surface area contributed by atoms with E-state index in [2.05, 4.69) is 15.1 Å². The molecule has 0 aromatic carbocycles. The lowest BCUT2D eigenvalue weighted by Gasteiger charge is -1.86. The van der Waals surface area contributed by atoms with Crippen LogP contribution in [-0.2, 0) is 11.3 Å². The highest BCUT2D eigenvalue weighted by molar-refractivity contribution is 7.13. The Hall–Kier alpha value is -1.27. The van der Waals surface area contributed by atoms with Crippen LogP contribution >= 0.6 is 11.3 Å². The minimum atomic E-state index is 0.363. The van der Waals surface area contributed by atoms with E-state index in [1.807, 2.05) is 0 Å². The zero-order valence-electron chi connectivity index (χ0n) is 6.93. The first-order valence-corrected chi connectivity index (χ1v) is 4.48. The van der Waals surface area contributed by atoms with Crippen LogP contribution in [0.25, 0.3) is 10.8 Å². The molecule has 0 aliphatic carbocycles. The van der Waals surface area contributed by atoms with Gasteiger partial charge in [0.05, 0.1) is 11.7 Å². The van der Waals surface area contributed by atoms with Crippen molar-refractivity contribution in [1.82, 2.24) is 15.1 Å². The largest absolute Gasteiger partial charge is 0.377 e. The molecule has 0 aliphatic heterocycles. The normalized spacial score (nSPS) is 10.5. The van der Waals surface area contributed by atoms with Crippen molar-refractivity contribution in [2.45, 2.75) is 6.61 Å². The standard InChI is InChI=1S/C7H7N3O2S/c1-11-3-6-9-7(12-10-6)5-2-8-4-13-5/h2,4H,3H2,1H3. The molecule has 0 radical (unpaired) electrons. The Morgan fingerprint density at radius 1 is 1.62 bits per heavy atom. The van der Waals surface area contributed by atoms with E-state index >= 15 is 0 Å². The van der Waals surface area contributed by atoms with Crippen LogP contribution in [0.2, 0.25) is 0 Å². The summed E-state index contributed by atoms with van der Waals surface area (Å²) in [6, 6.07) is 0. The van der Waals surface area contributed by atoms with E-state index in [9.17, 15) is 0 Å². The number of aromatic nitrogens is 3. The van der Waals surface area contributed by atoms with Crippen molar-refractivity contribution in [1.29, 1.82) is 0 Å². The monoisotopic (exact) mass is 197 g/mol. The average molecular weight is 197 g/mol. The van der Waals surface area contributed by atoms with Gasteiger partial charge in [0.25, 0.3) is 5.89 Å². The molecule has 0 unspecified atom stereocenters. The van der Waals surface area contributed by atoms with Crippen molar-refractivity contribution >= 4 is 11.3 Å². The van der Waals surface area contributed by atoms with Crippen LogP contribution in [0.4, 0.5) is 0 Å². The van der Waals surface area contributed by atoms with Crippen molar-refractivity contribution in [3.8, 4) is 10.8 Å². The number of hydrogen-bond acceptors (Lipinski definition) is 6. The second kappa shape index (κ2) is 3.63. The molecule has 13 heavy (non-hydrogen) atoms. The number of rotatable bonds is 3. The predicted molar refractivity (Wildman–Crippen MR) is 46.1 cm³/mol. The quantitative estimate of drug-likeness (QED) is 0.743. The van der Waals surface area contributed by atoms with Crippen molar-refractivity contribution < 1.29 is 9.26 Å². The predicted octanol–water partition coefficient (Wildman–Crippen LogP) is 1.34. The van der Waals surface area contributed by atoms with Gasteiger partial charge in [0, 0.05) is 7.11 Å². The topological polar surface area (TPSA) is 61.0 Å². The molecule has 0 amide bonds. The van der Waals surface area contributed by atoms with Crippen LogP contribution in [0.5, 0.6) is 0 Å². The molecule has 0 N–H and O–H groups in total. The van der Waals surface area contributed by atoms with Gasteiger partial charge in [0.15, 0.2) is 5.82 Å². The van der Waals surface area contributed by atoms with E-state index in [0.717, 1.165) is 4.88 Å². The van der Waals surface area contributed by atoms with Gasteiger partial charge in [0.2, 0.25) is 0 Å². The SMILES string of the molecule is COCc1noc(-c2cncs2)n1. The van der Waals surface area contributed by atoms with Crippen LogP contribution in [0.15, 0.2) is 16.2 Å². The number of thiazole rings is 1. The Bertz CT molecular complexity index is 371. The van der Waals surface area contributed by atoms with Crippen LogP contribution in [0.1, 0.15) is 5.82 Å². The Morgan fingerprint density at radius 2 is 2.54 bits per heavy atom. The molecule has 0 saturated carbocycles. The molecule has 0 atom stereocenters. The number of hydrogen-bond donors (Lipinski definition) is 0. The molecular formula is C7H7N3O2S. The second-order valence-corrected chi connectivity index (χ2v) is 3.20. The molecule has 2 rings (SSSR count). The Morgan fingerprint density at radius 3 is 3.23 bits per heavy atom. The first kappa shape index (κ1) is 8.33. The molecule has 0 fully saturated rings. The van der Waals surface area contributed by atoms with Crippen LogP contribution in [0, 0.1) is 0 Å². The molecule has 0 aliphatic rings. The van der Waals surface area contributed by atoms with E-state index in [1.165, 1.54) is 11.3 Å². The molecule has 2 aromatic heterocycles. The van der Waals surface area contributed by atoms with Crippen LogP contribution < -0.4 is 0 Å². The highest BCUT2D eigenvalue weighted by atomic mass is 32.1. The average Bonchev–Trinajstić information content (AvgIpc) is 2.70. The summed E-state index contributed by atoms with van der Waals surface area (Å²) in [4.78, 5) is 8.89. The number of nitrogens with zero attached hydrogens (tertiary/aromatic N) is 3. The highest BCUT2D eigenvalue weighted by Crippen LogP contribution is 2.20. The maximum atomic E-state index is 4.99. The van der Waals surface area contributed by atoms with Gasteiger partial charge in [-0.05, 0) is 0 Å². The Balaban J connectivity index is 2.23. The lowest BCUT2D eigenvalue weighted by atomic mass is 10.5. The molecular weight excluding hydrogens is 190 g/mol. The molecule has 2 heterocycles. The summed E-state index contributed by atoms with van der Waals surface area (Å²) in [5.41, 5.74) is 1.72. The van der Waals surface area contributed by atoms with E-state index in [1.54, 1.807) is 18.8 Å². The Labute approximate surface area is 78.4 Å². The van der Waals surface area contributed by atoms with Crippen molar-refractivity contribution in [2.75, 3.05) is 7.11 Å². The van der Waals surface area contributed by atoms with Gasteiger partial charge in [-0.1, -0.05) is 5.16 Å². The van der Waals surface area contributed by atoms with Crippen molar-refractivity contribution in [3.63, 3.8) is 0 Å². The summed E-state index contributed by atoms with van der Waals surface area (Å²) in [6.07, 6.45) is 1.69. The van der Waals surface area contributed by atoms with E-state index in [4.69, 9.17) is 9.26 Å². The first-order valence-electron chi connectivity index (χ1n) is 3.60. The summed E-state index contributed by atoms with van der Waals surface area (Å²) < 4.78 is 9.85. The summed E-state index contributed by atoms with van der Waals surface area (Å²) in [7, 11) is 1.59. The smallest absolute Gasteiger partial charge is 0.269 e. The van der Waals surface area contributed by atoms with Gasteiger partial charge in [-0.25, -0.2) is 0 Å². The maximum Gasteiger partial charge on any atom is 0.269 e. The van der Waals surface area contributed by atoms with Crippen molar-refractivity contribution in [2.24, 2.45) is 0 Å². The third-order valence-corrected chi connectivity index (χ3v) is 2.15. The fourth-order valence-electron chi connectivity index (χ4n) is 0.863. The fraction of sp³-hybridized carbons (Fsp3) is 0.286. The minimum absolute atomic E-state index is 0.363. The third kappa shape index (κ3) is 1.73. The lowest BCUT2D eigenvalue weighted by molar-refractivity contribution is 0.174. The summed E-state index contributed by atoms with van der Waals surface area (Å²) in [6.45, 7) is 0.363. The number of ether oxygens (including phenoxy) is 1. The van der Waals surface area contributed by atoms with E-state index in [0.29, 0.717) is 18.3 Å². The van der Waals surface area contributed by atoms with E-state index in [-0.39, 0.29) is 0 Å². The molecule has 5 nitrogen and oxygen atoms in total. The minimum Gasteiger partial charge on any atom is -0.377 e. The maximum absolute atomic E-state index is 4.99. The van der Waals surface area contributed by atoms with Gasteiger partial charge in [-0.3, -0.25) is 4.98 Å². The van der Waals surface area contributed by atoms with E-state index < -0.39 is 0 Å². The fourth-order valence-corrected chi connectivity index (χ4v) is 1.40. The molecule has 6 heteroatoms. The summed E-state index contributed by atoms with van der Waals surface area (Å²) >= 11 is 1.46. The molecule has 2 aromatic rings. The molecule has 68 valence electrons. The highest BCUT2D eigenvalue weighted by Gasteiger charge is 2.09. The third-order valence-electron chi connectivity index (χ3n) is 1.38. The summed E-state index contributed by atoms with van der Waals surface area (Å²) in [5.74, 6) is 1.04. The molecule has 0 saturated heterocycles. The van der Waals surface area contributed by atoms with Gasteiger partial charge in [-0.15, -0.1) is 11.3 Å². The van der Waals surface area contributed by atoms with Crippen LogP contribution in [-0.4, -0.2) is 22.2 Å². The van der Waals surface area contributed by atoms with Gasteiger partial charge >= 0.3 is 0 Å². The zero-order chi connectivity index (χ0) is 9.10. The lowest BCUT2D eigenvalue weighted by Crippen LogP contribution is -1.88. The Kier molecular flexibility index (Phi) is 2.33. The van der Waals surface area contributed by atoms with Gasteiger partial charge < -0.3 is 9.26 Å². The summed E-state index contributed by atoms with van der Waals surface area (Å²) in [5, 5.41) is 3.73. The molecule has 0 bridgehead atoms. The van der Waals surface area contributed by atoms with Gasteiger partial charge in [0.1, 0.15) is 11.5 Å². The van der Waals surface area contributed by atoms with Crippen LogP contribution in [0.3, 0.4) is 0 Å². The van der Waals surface area contributed by atoms with Gasteiger partial charge in [-0.2, -0.15) is 4.98 Å². The molecule has 0 spiro atoms. The zero-order valence-corrected chi connectivity index (χ0v) is 7.74. The van der Waals surface area contributed by atoms with Crippen molar-refractivity contribution in [3.05, 3.63) is 17.5 Å². The number of methoxy groups -OCH3 is 1. The second-order valence-electron chi connectivity index (χ2n) is 2.31. The first-order chi connectivity index (χ1) is 6.40.